The lowest BCUT2D eigenvalue weighted by atomic mass is 9.95. The van der Waals surface area contributed by atoms with E-state index in [0.717, 1.165) is 23.1 Å². The molecule has 2 saturated heterocycles. The maximum absolute atomic E-state index is 13.2. The van der Waals surface area contributed by atoms with E-state index in [0.29, 0.717) is 37.6 Å². The van der Waals surface area contributed by atoms with Gasteiger partial charge in [-0.05, 0) is 55.8 Å². The second-order valence-electron chi connectivity index (χ2n) is 8.69. The van der Waals surface area contributed by atoms with Crippen molar-refractivity contribution in [1.82, 2.24) is 9.80 Å². The van der Waals surface area contributed by atoms with Crippen LogP contribution in [0, 0.1) is 0 Å². The van der Waals surface area contributed by atoms with E-state index in [1.54, 1.807) is 29.2 Å². The summed E-state index contributed by atoms with van der Waals surface area (Å²) in [4.78, 5) is 30.1. The smallest absolute Gasteiger partial charge is 0.295 e. The molecule has 1 amide bonds. The Morgan fingerprint density at radius 3 is 2.47 bits per heavy atom. The van der Waals surface area contributed by atoms with Crippen LogP contribution in [0.5, 0.6) is 5.75 Å². The summed E-state index contributed by atoms with van der Waals surface area (Å²) in [6.07, 6.45) is 0.0211. The van der Waals surface area contributed by atoms with Gasteiger partial charge in [-0.3, -0.25) is 14.5 Å². The van der Waals surface area contributed by atoms with Crippen molar-refractivity contribution in [2.75, 3.05) is 39.4 Å². The normalized spacial score (nSPS) is 20.8. The number of halogens is 1. The van der Waals surface area contributed by atoms with Crippen LogP contribution in [0.4, 0.5) is 0 Å². The number of hydrogen-bond donors (Lipinski definition) is 1. The van der Waals surface area contributed by atoms with Crippen LogP contribution in [-0.2, 0) is 14.3 Å². The molecule has 0 aromatic heterocycles. The number of carbonyl (C=O) groups excluding carboxylic acids is 2. The Morgan fingerprint density at radius 2 is 1.82 bits per heavy atom. The van der Waals surface area contributed by atoms with Crippen molar-refractivity contribution < 1.29 is 24.2 Å². The van der Waals surface area contributed by atoms with Gasteiger partial charge >= 0.3 is 0 Å². The number of Topliss-reactive ketones (excluding diaryl/α,β-unsaturated/α-hetero) is 1. The highest BCUT2D eigenvalue weighted by Crippen LogP contribution is 2.40. The van der Waals surface area contributed by atoms with Gasteiger partial charge in [-0.2, -0.15) is 0 Å². The minimum atomic E-state index is -0.676. The van der Waals surface area contributed by atoms with Gasteiger partial charge in [0.15, 0.2) is 0 Å². The zero-order valence-corrected chi connectivity index (χ0v) is 21.0. The van der Waals surface area contributed by atoms with Gasteiger partial charge in [0.2, 0.25) is 0 Å². The molecule has 2 aliphatic rings. The quantitative estimate of drug-likeness (QED) is 0.332. The van der Waals surface area contributed by atoms with Crippen LogP contribution in [-0.4, -0.2) is 72.1 Å². The second-order valence-corrected chi connectivity index (χ2v) is 9.61. The molecule has 0 bridgehead atoms. The van der Waals surface area contributed by atoms with Gasteiger partial charge in [-0.15, -0.1) is 0 Å². The number of morpholine rings is 1. The lowest BCUT2D eigenvalue weighted by Crippen LogP contribution is -2.42. The lowest BCUT2D eigenvalue weighted by Gasteiger charge is -2.31. The van der Waals surface area contributed by atoms with Crippen LogP contribution < -0.4 is 4.74 Å². The third-order valence-corrected chi connectivity index (χ3v) is 6.46. The fourth-order valence-corrected chi connectivity index (χ4v) is 4.74. The highest BCUT2D eigenvalue weighted by atomic mass is 79.9. The Hall–Kier alpha value is -2.68. The Bertz CT molecular complexity index is 1080. The van der Waals surface area contributed by atoms with Crippen LogP contribution in [0.2, 0.25) is 0 Å². The monoisotopic (exact) mass is 528 g/mol. The molecule has 2 heterocycles. The number of ether oxygens (including phenoxy) is 2. The molecule has 0 radical (unpaired) electrons. The van der Waals surface area contributed by atoms with E-state index >= 15 is 0 Å². The number of rotatable bonds is 7. The molecule has 180 valence electrons. The Kier molecular flexibility index (Phi) is 7.70. The fraction of sp³-hybridized carbons (Fsp3) is 0.385. The summed E-state index contributed by atoms with van der Waals surface area (Å²) in [5, 5.41) is 11.2. The second kappa shape index (κ2) is 10.7. The summed E-state index contributed by atoms with van der Waals surface area (Å²) in [5.74, 6) is -0.791. The first-order chi connectivity index (χ1) is 16.3. The third-order valence-electron chi connectivity index (χ3n) is 5.96. The number of nitrogens with zero attached hydrogens (tertiary/aromatic N) is 2. The van der Waals surface area contributed by atoms with E-state index in [-0.39, 0.29) is 17.4 Å². The topological polar surface area (TPSA) is 79.3 Å². The molecule has 2 fully saturated rings. The summed E-state index contributed by atoms with van der Waals surface area (Å²) in [5.41, 5.74) is 1.32. The van der Waals surface area contributed by atoms with Gasteiger partial charge in [0.05, 0.1) is 30.9 Å². The predicted molar refractivity (Wildman–Crippen MR) is 133 cm³/mol. The summed E-state index contributed by atoms with van der Waals surface area (Å²) in [6.45, 7) is 7.76. The fourth-order valence-electron chi connectivity index (χ4n) is 4.33. The Morgan fingerprint density at radius 1 is 1.12 bits per heavy atom. The molecule has 0 spiro atoms. The first-order valence-electron chi connectivity index (χ1n) is 11.5. The van der Waals surface area contributed by atoms with Gasteiger partial charge in [0.25, 0.3) is 11.7 Å². The van der Waals surface area contributed by atoms with Gasteiger partial charge < -0.3 is 19.5 Å². The SMILES string of the molecule is CC(C)Oc1ccc(/C(O)=C2\C(=O)C(=O)N(CCN3CCOCC3)C2c2cccc(Br)c2)cc1. The molecule has 2 aliphatic heterocycles. The van der Waals surface area contributed by atoms with Crippen molar-refractivity contribution in [2.24, 2.45) is 0 Å². The number of amides is 1. The average molecular weight is 529 g/mol. The molecule has 8 heteroatoms. The summed E-state index contributed by atoms with van der Waals surface area (Å²) in [6, 6.07) is 13.7. The van der Waals surface area contributed by atoms with E-state index < -0.39 is 17.7 Å². The molecule has 7 nitrogen and oxygen atoms in total. The number of aliphatic hydroxyl groups excluding tert-OH is 1. The van der Waals surface area contributed by atoms with Gasteiger partial charge in [0.1, 0.15) is 11.5 Å². The number of benzene rings is 2. The lowest BCUT2D eigenvalue weighted by molar-refractivity contribution is -0.140. The number of likely N-dealkylation sites (tertiary alicyclic amines) is 1. The van der Waals surface area contributed by atoms with E-state index in [1.807, 2.05) is 38.1 Å². The molecule has 1 atom stereocenters. The molecule has 1 N–H and O–H groups in total. The Labute approximate surface area is 208 Å². The summed E-state index contributed by atoms with van der Waals surface area (Å²) < 4.78 is 11.9. The zero-order valence-electron chi connectivity index (χ0n) is 19.4. The molecule has 2 aromatic rings. The zero-order chi connectivity index (χ0) is 24.2. The molecule has 34 heavy (non-hydrogen) atoms. The van der Waals surface area contributed by atoms with E-state index in [2.05, 4.69) is 20.8 Å². The highest BCUT2D eigenvalue weighted by molar-refractivity contribution is 9.10. The average Bonchev–Trinajstić information content (AvgIpc) is 3.08. The maximum atomic E-state index is 13.2. The van der Waals surface area contributed by atoms with E-state index in [1.165, 1.54) is 0 Å². The molecule has 4 rings (SSSR count). The first kappa shape index (κ1) is 24.4. The summed E-state index contributed by atoms with van der Waals surface area (Å²) in [7, 11) is 0. The van der Waals surface area contributed by atoms with Crippen molar-refractivity contribution in [3.63, 3.8) is 0 Å². The van der Waals surface area contributed by atoms with Gasteiger partial charge in [-0.25, -0.2) is 0 Å². The number of carbonyl (C=O) groups is 2. The summed E-state index contributed by atoms with van der Waals surface area (Å²) >= 11 is 3.49. The maximum Gasteiger partial charge on any atom is 0.295 e. The van der Waals surface area contributed by atoms with Crippen molar-refractivity contribution in [3.05, 3.63) is 69.7 Å². The number of aliphatic hydroxyl groups is 1. The van der Waals surface area contributed by atoms with E-state index in [4.69, 9.17) is 9.47 Å². The molecule has 2 aromatic carbocycles. The van der Waals surface area contributed by atoms with Crippen molar-refractivity contribution in [2.45, 2.75) is 26.0 Å². The predicted octanol–water partition coefficient (Wildman–Crippen LogP) is 3.99. The van der Waals surface area contributed by atoms with Crippen LogP contribution in [0.15, 0.2) is 58.6 Å². The van der Waals surface area contributed by atoms with Crippen molar-refractivity contribution in [1.29, 1.82) is 0 Å². The Balaban J connectivity index is 1.70. The standard InChI is InChI=1S/C26H29BrN2O5/c1-17(2)34-21-8-6-18(7-9-21)24(30)22-23(19-4-3-5-20(27)16-19)29(26(32)25(22)31)11-10-28-12-14-33-15-13-28/h3-9,16-17,23,30H,10-15H2,1-2H3/b24-22+. The van der Waals surface area contributed by atoms with Gasteiger partial charge in [-0.1, -0.05) is 28.1 Å². The van der Waals surface area contributed by atoms with Crippen LogP contribution in [0.3, 0.4) is 0 Å². The van der Waals surface area contributed by atoms with Crippen LogP contribution in [0.1, 0.15) is 31.0 Å². The molecule has 0 aliphatic carbocycles. The highest BCUT2D eigenvalue weighted by Gasteiger charge is 2.46. The molecular weight excluding hydrogens is 500 g/mol. The van der Waals surface area contributed by atoms with Crippen molar-refractivity contribution >= 4 is 33.4 Å². The van der Waals surface area contributed by atoms with Gasteiger partial charge in [0, 0.05) is 36.2 Å². The number of hydrogen-bond acceptors (Lipinski definition) is 6. The minimum absolute atomic E-state index is 0.0211. The van der Waals surface area contributed by atoms with Crippen molar-refractivity contribution in [3.8, 4) is 5.75 Å². The molecule has 0 saturated carbocycles. The molecular formula is C26H29BrN2O5. The van der Waals surface area contributed by atoms with E-state index in [9.17, 15) is 14.7 Å². The third kappa shape index (κ3) is 5.35. The molecule has 1 unspecified atom stereocenters. The largest absolute Gasteiger partial charge is 0.507 e. The van der Waals surface area contributed by atoms with Crippen LogP contribution in [0.25, 0.3) is 5.76 Å². The number of ketones is 1. The van der Waals surface area contributed by atoms with Crippen LogP contribution >= 0.6 is 15.9 Å². The first-order valence-corrected chi connectivity index (χ1v) is 12.3. The minimum Gasteiger partial charge on any atom is -0.507 e.